The number of pyridine rings is 1. The molecular weight excluding hydrogens is 260 g/mol. The molecule has 0 fully saturated rings. The third-order valence-electron chi connectivity index (χ3n) is 2.31. The Labute approximate surface area is 114 Å². The first-order valence-electron chi connectivity index (χ1n) is 5.55. The summed E-state index contributed by atoms with van der Waals surface area (Å²) < 4.78 is 0. The van der Waals surface area contributed by atoms with Crippen molar-refractivity contribution in [1.82, 2.24) is 4.98 Å². The maximum Gasteiger partial charge on any atom is 0.260 e. The van der Waals surface area contributed by atoms with E-state index in [1.807, 2.05) is 0 Å². The van der Waals surface area contributed by atoms with Crippen molar-refractivity contribution in [3.63, 3.8) is 0 Å². The van der Waals surface area contributed by atoms with E-state index in [9.17, 15) is 14.4 Å². The Bertz CT molecular complexity index is 679. The molecule has 0 atom stereocenters. The standard InChI is InChI=1S/C7H8N2O.C6H6N2O2/c8-6-4-2-1-3-5(6)7(9)10;7-5(9)4-2-1-3-8-6(4)10/h1-4H,8H2,(H2,9,10);1-3H,(H2,7,9)(H,8,10). The van der Waals surface area contributed by atoms with Gasteiger partial charge in [-0.1, -0.05) is 12.1 Å². The summed E-state index contributed by atoms with van der Waals surface area (Å²) in [7, 11) is 0. The van der Waals surface area contributed by atoms with Crippen LogP contribution in [0.15, 0.2) is 47.4 Å². The molecule has 0 aliphatic heterocycles. The van der Waals surface area contributed by atoms with Gasteiger partial charge >= 0.3 is 0 Å². The number of nitrogen functional groups attached to an aromatic ring is 1. The Morgan fingerprint density at radius 3 is 1.85 bits per heavy atom. The molecule has 7 nitrogen and oxygen atoms in total. The second-order valence-electron chi connectivity index (χ2n) is 3.73. The molecule has 0 spiro atoms. The number of carbonyl (C=O) groups excluding carboxylic acids is 2. The smallest absolute Gasteiger partial charge is 0.260 e. The summed E-state index contributed by atoms with van der Waals surface area (Å²) in [6, 6.07) is 9.62. The number of H-pyrrole nitrogens is 1. The van der Waals surface area contributed by atoms with E-state index in [4.69, 9.17) is 17.2 Å². The first-order valence-corrected chi connectivity index (χ1v) is 5.55. The van der Waals surface area contributed by atoms with Gasteiger partial charge in [-0.25, -0.2) is 0 Å². The first kappa shape index (κ1) is 15.0. The molecule has 0 aliphatic carbocycles. The first-order chi connectivity index (χ1) is 9.43. The van der Waals surface area contributed by atoms with Crippen molar-refractivity contribution < 1.29 is 9.59 Å². The molecule has 2 rings (SSSR count). The fraction of sp³-hybridized carbons (Fsp3) is 0. The average Bonchev–Trinajstić information content (AvgIpc) is 2.40. The number of carbonyl (C=O) groups is 2. The van der Waals surface area contributed by atoms with E-state index in [0.29, 0.717) is 11.3 Å². The number of amides is 2. The van der Waals surface area contributed by atoms with Crippen LogP contribution in [0.3, 0.4) is 0 Å². The fourth-order valence-electron chi connectivity index (χ4n) is 1.34. The van der Waals surface area contributed by atoms with Gasteiger partial charge in [0.15, 0.2) is 0 Å². The van der Waals surface area contributed by atoms with Crippen LogP contribution in [-0.4, -0.2) is 16.8 Å². The normalized spacial score (nSPS) is 9.20. The highest BCUT2D eigenvalue weighted by molar-refractivity contribution is 5.97. The Morgan fingerprint density at radius 1 is 0.900 bits per heavy atom. The second kappa shape index (κ2) is 6.74. The molecule has 1 aromatic heterocycles. The van der Waals surface area contributed by atoms with Gasteiger partial charge in [-0.05, 0) is 24.3 Å². The minimum atomic E-state index is -0.707. The molecule has 2 amide bonds. The second-order valence-corrected chi connectivity index (χ2v) is 3.73. The van der Waals surface area contributed by atoms with Crippen molar-refractivity contribution in [1.29, 1.82) is 0 Å². The molecule has 0 aliphatic rings. The van der Waals surface area contributed by atoms with E-state index in [1.54, 1.807) is 30.3 Å². The highest BCUT2D eigenvalue weighted by Gasteiger charge is 2.02. The Kier molecular flexibility index (Phi) is 5.04. The lowest BCUT2D eigenvalue weighted by atomic mass is 10.2. The largest absolute Gasteiger partial charge is 0.398 e. The molecule has 0 bridgehead atoms. The number of anilines is 1. The van der Waals surface area contributed by atoms with Crippen LogP contribution in [0.25, 0.3) is 0 Å². The number of hydrogen-bond donors (Lipinski definition) is 4. The highest BCUT2D eigenvalue weighted by atomic mass is 16.2. The van der Waals surface area contributed by atoms with Crippen LogP contribution in [0.4, 0.5) is 5.69 Å². The molecule has 1 heterocycles. The molecule has 7 N–H and O–H groups in total. The van der Waals surface area contributed by atoms with Crippen molar-refractivity contribution in [2.75, 3.05) is 5.73 Å². The number of nitrogens with two attached hydrogens (primary N) is 3. The minimum Gasteiger partial charge on any atom is -0.398 e. The number of para-hydroxylation sites is 1. The van der Waals surface area contributed by atoms with Gasteiger partial charge in [-0.2, -0.15) is 0 Å². The Balaban J connectivity index is 0.000000200. The van der Waals surface area contributed by atoms with Crippen molar-refractivity contribution in [3.05, 3.63) is 64.1 Å². The van der Waals surface area contributed by atoms with Gasteiger partial charge in [0, 0.05) is 11.9 Å². The molecule has 0 unspecified atom stereocenters. The third-order valence-corrected chi connectivity index (χ3v) is 2.31. The quantitative estimate of drug-likeness (QED) is 0.564. The van der Waals surface area contributed by atoms with Gasteiger partial charge in [0.2, 0.25) is 0 Å². The lowest BCUT2D eigenvalue weighted by Gasteiger charge is -1.97. The van der Waals surface area contributed by atoms with Crippen LogP contribution < -0.4 is 22.8 Å². The lowest BCUT2D eigenvalue weighted by molar-refractivity contribution is 0.0991. The van der Waals surface area contributed by atoms with Gasteiger partial charge in [0.1, 0.15) is 5.56 Å². The van der Waals surface area contributed by atoms with E-state index in [0.717, 1.165) is 0 Å². The molecule has 1 aromatic carbocycles. The third kappa shape index (κ3) is 3.98. The predicted molar refractivity (Wildman–Crippen MR) is 75.0 cm³/mol. The summed E-state index contributed by atoms with van der Waals surface area (Å²) in [6.07, 6.45) is 1.44. The van der Waals surface area contributed by atoms with Crippen LogP contribution in [0.5, 0.6) is 0 Å². The molecular formula is C13H14N4O3. The molecule has 104 valence electrons. The van der Waals surface area contributed by atoms with Gasteiger partial charge in [-0.3, -0.25) is 14.4 Å². The van der Waals surface area contributed by atoms with E-state index >= 15 is 0 Å². The monoisotopic (exact) mass is 274 g/mol. The zero-order valence-corrected chi connectivity index (χ0v) is 10.5. The van der Waals surface area contributed by atoms with Crippen LogP contribution in [0.2, 0.25) is 0 Å². The van der Waals surface area contributed by atoms with E-state index < -0.39 is 17.4 Å². The molecule has 7 heteroatoms. The average molecular weight is 274 g/mol. The SMILES string of the molecule is NC(=O)c1ccc[nH]c1=O.NC(=O)c1ccccc1N. The van der Waals surface area contributed by atoms with Crippen LogP contribution >= 0.6 is 0 Å². The van der Waals surface area contributed by atoms with Crippen molar-refractivity contribution in [3.8, 4) is 0 Å². The summed E-state index contributed by atoms with van der Waals surface area (Å²) in [6.45, 7) is 0. The number of rotatable bonds is 2. The molecule has 0 saturated carbocycles. The number of aromatic nitrogens is 1. The van der Waals surface area contributed by atoms with Crippen LogP contribution in [0.1, 0.15) is 20.7 Å². The highest BCUT2D eigenvalue weighted by Crippen LogP contribution is 2.08. The molecule has 20 heavy (non-hydrogen) atoms. The minimum absolute atomic E-state index is 0.0116. The number of aromatic amines is 1. The van der Waals surface area contributed by atoms with Gasteiger partial charge < -0.3 is 22.2 Å². The summed E-state index contributed by atoms with van der Waals surface area (Å²) in [5, 5.41) is 0. The number of hydrogen-bond acceptors (Lipinski definition) is 4. The van der Waals surface area contributed by atoms with E-state index in [1.165, 1.54) is 12.3 Å². The molecule has 0 radical (unpaired) electrons. The molecule has 2 aromatic rings. The zero-order chi connectivity index (χ0) is 15.1. The van der Waals surface area contributed by atoms with Crippen LogP contribution in [-0.2, 0) is 0 Å². The van der Waals surface area contributed by atoms with E-state index in [2.05, 4.69) is 4.98 Å². The predicted octanol–water partition coefficient (Wildman–Crippen LogP) is -0.158. The maximum absolute atomic E-state index is 10.7. The van der Waals surface area contributed by atoms with Crippen molar-refractivity contribution in [2.24, 2.45) is 11.5 Å². The molecule has 0 saturated heterocycles. The summed E-state index contributed by atoms with van der Waals surface area (Å²) >= 11 is 0. The zero-order valence-electron chi connectivity index (χ0n) is 10.5. The van der Waals surface area contributed by atoms with Gasteiger partial charge in [0.05, 0.1) is 5.56 Å². The Hall–Kier alpha value is -3.09. The maximum atomic E-state index is 10.7. The van der Waals surface area contributed by atoms with E-state index in [-0.39, 0.29) is 5.56 Å². The number of nitrogens with one attached hydrogen (secondary N) is 1. The lowest BCUT2D eigenvalue weighted by Crippen LogP contribution is -2.22. The summed E-state index contributed by atoms with van der Waals surface area (Å²) in [5.74, 6) is -1.19. The number of primary amides is 2. The van der Waals surface area contributed by atoms with Crippen molar-refractivity contribution in [2.45, 2.75) is 0 Å². The Morgan fingerprint density at radius 2 is 1.45 bits per heavy atom. The van der Waals surface area contributed by atoms with Gasteiger partial charge in [0.25, 0.3) is 17.4 Å². The summed E-state index contributed by atoms with van der Waals surface area (Å²) in [5.41, 5.74) is 15.6. The van der Waals surface area contributed by atoms with Crippen LogP contribution in [0, 0.1) is 0 Å². The van der Waals surface area contributed by atoms with Crippen molar-refractivity contribution >= 4 is 17.5 Å². The number of benzene rings is 1. The topological polar surface area (TPSA) is 145 Å². The van der Waals surface area contributed by atoms with Gasteiger partial charge in [-0.15, -0.1) is 0 Å². The fourth-order valence-corrected chi connectivity index (χ4v) is 1.34. The summed E-state index contributed by atoms with van der Waals surface area (Å²) in [4.78, 5) is 34.0.